The minimum atomic E-state index is -0.325. The van der Waals surface area contributed by atoms with Gasteiger partial charge in [-0.2, -0.15) is 0 Å². The zero-order valence-electron chi connectivity index (χ0n) is 19.0. The number of thiazole rings is 1. The van der Waals surface area contributed by atoms with Gasteiger partial charge in [-0.3, -0.25) is 4.99 Å². The number of aliphatic imine (C=N–C) groups is 1. The van der Waals surface area contributed by atoms with Crippen molar-refractivity contribution in [3.05, 3.63) is 45.4 Å². The van der Waals surface area contributed by atoms with E-state index in [-0.39, 0.29) is 36.0 Å². The molecule has 9 heteroatoms. The number of nitrogens with one attached hydrogen (secondary N) is 2. The maximum absolute atomic E-state index is 12.0. The largest absolute Gasteiger partial charge is 0.493 e. The number of hydrogen-bond acceptors (Lipinski definition) is 6. The highest BCUT2D eigenvalue weighted by atomic mass is 127. The molecule has 172 valence electrons. The maximum atomic E-state index is 12.0. The Morgan fingerprint density at radius 1 is 1.23 bits per heavy atom. The number of halogens is 1. The summed E-state index contributed by atoms with van der Waals surface area (Å²) in [5, 5.41) is 7.43. The predicted molar refractivity (Wildman–Crippen MR) is 137 cm³/mol. The van der Waals surface area contributed by atoms with E-state index in [9.17, 15) is 4.79 Å². The Labute approximate surface area is 206 Å². The minimum absolute atomic E-state index is 0. The highest BCUT2D eigenvalue weighted by Crippen LogP contribution is 2.24. The number of nitrogens with zero attached hydrogens (tertiary/aromatic N) is 2. The summed E-state index contributed by atoms with van der Waals surface area (Å²) in [6.45, 7) is 11.5. The molecule has 0 aliphatic rings. The third kappa shape index (κ3) is 8.64. The van der Waals surface area contributed by atoms with Crippen molar-refractivity contribution in [3.63, 3.8) is 0 Å². The zero-order chi connectivity index (χ0) is 22.1. The number of benzene rings is 1. The number of guanidine groups is 1. The standard InChI is InChI=1S/C22H32N4O3S.HI/c1-7-28-21(27)19-15(4)25-20(30-19)16(5)26-22(23-6)24-12-17-8-10-18(11-9-17)29-13-14(2)3;/h8-11,14,16H,7,12-13H2,1-6H3,(H2,23,24,26);1H. The molecule has 1 atom stereocenters. The van der Waals surface area contributed by atoms with Gasteiger partial charge in [-0.1, -0.05) is 26.0 Å². The second-order valence-corrected chi connectivity index (χ2v) is 8.36. The molecule has 0 aliphatic heterocycles. The van der Waals surface area contributed by atoms with Crippen LogP contribution in [-0.2, 0) is 11.3 Å². The number of aromatic nitrogens is 1. The van der Waals surface area contributed by atoms with Crippen LogP contribution in [0.15, 0.2) is 29.3 Å². The highest BCUT2D eigenvalue weighted by molar-refractivity contribution is 14.0. The van der Waals surface area contributed by atoms with E-state index in [0.29, 0.717) is 42.2 Å². The Morgan fingerprint density at radius 2 is 1.90 bits per heavy atom. The molecular weight excluding hydrogens is 527 g/mol. The molecule has 1 aromatic heterocycles. The van der Waals surface area contributed by atoms with E-state index in [1.807, 2.05) is 38.1 Å². The molecule has 2 aromatic rings. The van der Waals surface area contributed by atoms with Crippen LogP contribution in [0.25, 0.3) is 0 Å². The predicted octanol–water partition coefficient (Wildman–Crippen LogP) is 4.71. The molecule has 1 unspecified atom stereocenters. The van der Waals surface area contributed by atoms with Crippen LogP contribution in [0, 0.1) is 12.8 Å². The Balaban J connectivity index is 0.00000480. The average Bonchev–Trinajstić information content (AvgIpc) is 3.12. The van der Waals surface area contributed by atoms with Crippen molar-refractivity contribution in [1.82, 2.24) is 15.6 Å². The lowest BCUT2D eigenvalue weighted by atomic mass is 10.2. The number of carbonyl (C=O) groups excluding carboxylic acids is 1. The topological polar surface area (TPSA) is 84.8 Å². The SMILES string of the molecule is CCOC(=O)c1sc(C(C)NC(=NC)NCc2ccc(OCC(C)C)cc2)nc1C.I. The molecule has 0 spiro atoms. The fourth-order valence-corrected chi connectivity index (χ4v) is 3.57. The summed E-state index contributed by atoms with van der Waals surface area (Å²) < 4.78 is 10.8. The van der Waals surface area contributed by atoms with E-state index >= 15 is 0 Å². The number of esters is 1. The lowest BCUT2D eigenvalue weighted by Crippen LogP contribution is -2.38. The Hall–Kier alpha value is -1.88. The second kappa shape index (κ2) is 13.5. The fourth-order valence-electron chi connectivity index (χ4n) is 2.60. The molecule has 0 radical (unpaired) electrons. The van der Waals surface area contributed by atoms with E-state index in [4.69, 9.17) is 9.47 Å². The van der Waals surface area contributed by atoms with Gasteiger partial charge in [-0.25, -0.2) is 9.78 Å². The van der Waals surface area contributed by atoms with Crippen LogP contribution in [-0.4, -0.2) is 37.2 Å². The molecule has 31 heavy (non-hydrogen) atoms. The normalized spacial score (nSPS) is 12.2. The summed E-state index contributed by atoms with van der Waals surface area (Å²) >= 11 is 1.35. The summed E-state index contributed by atoms with van der Waals surface area (Å²) in [4.78, 5) is 21.4. The van der Waals surface area contributed by atoms with Crippen molar-refractivity contribution < 1.29 is 14.3 Å². The molecule has 0 amide bonds. The van der Waals surface area contributed by atoms with Crippen molar-refractivity contribution in [2.24, 2.45) is 10.9 Å². The van der Waals surface area contributed by atoms with Crippen LogP contribution in [0.5, 0.6) is 5.75 Å². The summed E-state index contributed by atoms with van der Waals surface area (Å²) in [5.41, 5.74) is 1.81. The Kier molecular flexibility index (Phi) is 11.8. The molecule has 0 bridgehead atoms. The fraction of sp³-hybridized carbons (Fsp3) is 0.500. The number of hydrogen-bond donors (Lipinski definition) is 2. The summed E-state index contributed by atoms with van der Waals surface area (Å²) in [6, 6.07) is 7.93. The quantitative estimate of drug-likeness (QED) is 0.200. The van der Waals surface area contributed by atoms with Gasteiger partial charge in [0.05, 0.1) is 24.9 Å². The summed E-state index contributed by atoms with van der Waals surface area (Å²) in [7, 11) is 1.72. The van der Waals surface area contributed by atoms with Gasteiger partial charge in [0.25, 0.3) is 0 Å². The van der Waals surface area contributed by atoms with Gasteiger partial charge in [0.2, 0.25) is 0 Å². The molecule has 0 fully saturated rings. The third-order valence-corrected chi connectivity index (χ3v) is 5.51. The van der Waals surface area contributed by atoms with E-state index in [1.165, 1.54) is 11.3 Å². The molecule has 0 saturated carbocycles. The maximum Gasteiger partial charge on any atom is 0.350 e. The minimum Gasteiger partial charge on any atom is -0.493 e. The number of aryl methyl sites for hydroxylation is 1. The van der Waals surface area contributed by atoms with E-state index < -0.39 is 0 Å². The van der Waals surface area contributed by atoms with Gasteiger partial charge >= 0.3 is 5.97 Å². The molecule has 1 aromatic carbocycles. The van der Waals surface area contributed by atoms with Crippen molar-refractivity contribution in [3.8, 4) is 5.75 Å². The summed E-state index contributed by atoms with van der Waals surface area (Å²) in [6.07, 6.45) is 0. The molecule has 7 nitrogen and oxygen atoms in total. The van der Waals surface area contributed by atoms with Crippen molar-refractivity contribution in [2.45, 2.75) is 47.2 Å². The molecule has 2 N–H and O–H groups in total. The van der Waals surface area contributed by atoms with Gasteiger partial charge in [-0.15, -0.1) is 35.3 Å². The first-order chi connectivity index (χ1) is 14.3. The van der Waals surface area contributed by atoms with Crippen molar-refractivity contribution in [2.75, 3.05) is 20.3 Å². The number of ether oxygens (including phenoxy) is 2. The van der Waals surface area contributed by atoms with Crippen molar-refractivity contribution in [1.29, 1.82) is 0 Å². The second-order valence-electron chi connectivity index (χ2n) is 7.33. The molecule has 2 rings (SSSR count). The lowest BCUT2D eigenvalue weighted by molar-refractivity contribution is 0.0531. The van der Waals surface area contributed by atoms with Crippen LogP contribution >= 0.6 is 35.3 Å². The van der Waals surface area contributed by atoms with Gasteiger partial charge in [0, 0.05) is 13.6 Å². The van der Waals surface area contributed by atoms with Crippen LogP contribution < -0.4 is 15.4 Å². The molecule has 0 saturated heterocycles. The van der Waals surface area contributed by atoms with Gasteiger partial charge in [-0.05, 0) is 44.4 Å². The monoisotopic (exact) mass is 560 g/mol. The van der Waals surface area contributed by atoms with Crippen LogP contribution in [0.3, 0.4) is 0 Å². The van der Waals surface area contributed by atoms with E-state index in [1.54, 1.807) is 14.0 Å². The molecule has 1 heterocycles. The smallest absolute Gasteiger partial charge is 0.350 e. The summed E-state index contributed by atoms with van der Waals surface area (Å²) in [5.74, 6) is 1.71. The zero-order valence-corrected chi connectivity index (χ0v) is 22.2. The number of rotatable bonds is 9. The van der Waals surface area contributed by atoms with Crippen LogP contribution in [0.2, 0.25) is 0 Å². The third-order valence-electron chi connectivity index (χ3n) is 4.19. The highest BCUT2D eigenvalue weighted by Gasteiger charge is 2.20. The Morgan fingerprint density at radius 3 is 2.48 bits per heavy atom. The average molecular weight is 561 g/mol. The van der Waals surface area contributed by atoms with Gasteiger partial charge < -0.3 is 20.1 Å². The van der Waals surface area contributed by atoms with E-state index in [2.05, 4.69) is 34.5 Å². The first-order valence-corrected chi connectivity index (χ1v) is 11.0. The van der Waals surface area contributed by atoms with Gasteiger partial charge in [0.1, 0.15) is 15.6 Å². The van der Waals surface area contributed by atoms with Crippen LogP contribution in [0.1, 0.15) is 59.7 Å². The first kappa shape index (κ1) is 27.2. The molecular formula is C22H33IN4O3S. The van der Waals surface area contributed by atoms with Gasteiger partial charge in [0.15, 0.2) is 5.96 Å². The molecule has 0 aliphatic carbocycles. The van der Waals surface area contributed by atoms with Crippen LogP contribution in [0.4, 0.5) is 0 Å². The first-order valence-electron chi connectivity index (χ1n) is 10.2. The Bertz CT molecular complexity index is 853. The van der Waals surface area contributed by atoms with Crippen molar-refractivity contribution >= 4 is 47.2 Å². The lowest BCUT2D eigenvalue weighted by Gasteiger charge is -2.16. The van der Waals surface area contributed by atoms with E-state index in [0.717, 1.165) is 16.3 Å². The number of carbonyl (C=O) groups is 1.